The highest BCUT2D eigenvalue weighted by atomic mass is 16.2. The third kappa shape index (κ3) is 3.49. The fourth-order valence-corrected chi connectivity index (χ4v) is 2.38. The van der Waals surface area contributed by atoms with E-state index in [1.165, 1.54) is 0 Å². The summed E-state index contributed by atoms with van der Waals surface area (Å²) in [6.45, 7) is 8.35. The van der Waals surface area contributed by atoms with Crippen LogP contribution in [0, 0.1) is 13.8 Å². The summed E-state index contributed by atoms with van der Waals surface area (Å²) in [5, 5.41) is 2.99. The second kappa shape index (κ2) is 6.24. The van der Waals surface area contributed by atoms with Gasteiger partial charge in [0, 0.05) is 37.6 Å². The summed E-state index contributed by atoms with van der Waals surface area (Å²) in [6.07, 6.45) is 0. The van der Waals surface area contributed by atoms with Crippen molar-refractivity contribution >= 4 is 17.3 Å². The number of carbonyl (C=O) groups is 1. The molecule has 1 aromatic carbocycles. The van der Waals surface area contributed by atoms with Gasteiger partial charge in [0.1, 0.15) is 0 Å². The number of anilines is 2. The Hall–Kier alpha value is -1.59. The van der Waals surface area contributed by atoms with Crippen LogP contribution in [0.2, 0.25) is 0 Å². The molecule has 0 atom stereocenters. The molecule has 5 nitrogen and oxygen atoms in total. The Morgan fingerprint density at radius 1 is 1.20 bits per heavy atom. The van der Waals surface area contributed by atoms with E-state index < -0.39 is 0 Å². The van der Waals surface area contributed by atoms with Gasteiger partial charge in [-0.25, -0.2) is 0 Å². The van der Waals surface area contributed by atoms with Gasteiger partial charge in [-0.1, -0.05) is 0 Å². The van der Waals surface area contributed by atoms with Crippen LogP contribution in [0.3, 0.4) is 0 Å². The van der Waals surface area contributed by atoms with Gasteiger partial charge in [0.25, 0.3) is 0 Å². The van der Waals surface area contributed by atoms with Crippen LogP contribution >= 0.6 is 0 Å². The van der Waals surface area contributed by atoms with Gasteiger partial charge in [0.15, 0.2) is 0 Å². The summed E-state index contributed by atoms with van der Waals surface area (Å²) in [5.41, 5.74) is 9.55. The highest BCUT2D eigenvalue weighted by Crippen LogP contribution is 2.23. The first-order valence-electron chi connectivity index (χ1n) is 7.04. The smallest absolute Gasteiger partial charge is 0.238 e. The maximum absolute atomic E-state index is 12.1. The molecular weight excluding hydrogens is 252 g/mol. The molecule has 0 aromatic heterocycles. The first-order valence-corrected chi connectivity index (χ1v) is 7.04. The van der Waals surface area contributed by atoms with Gasteiger partial charge in [0.2, 0.25) is 5.91 Å². The van der Waals surface area contributed by atoms with E-state index in [2.05, 4.69) is 22.2 Å². The Kier molecular flexibility index (Phi) is 4.62. The van der Waals surface area contributed by atoms with Crippen LogP contribution in [-0.2, 0) is 4.79 Å². The Bertz CT molecular complexity index is 493. The average molecular weight is 276 g/mol. The molecule has 1 fully saturated rings. The first-order chi connectivity index (χ1) is 9.47. The topological polar surface area (TPSA) is 61.6 Å². The number of benzene rings is 1. The number of nitrogens with one attached hydrogen (secondary N) is 1. The summed E-state index contributed by atoms with van der Waals surface area (Å²) < 4.78 is 0. The molecule has 0 aliphatic carbocycles. The second-order valence-electron chi connectivity index (χ2n) is 5.58. The van der Waals surface area contributed by atoms with Crippen LogP contribution in [0.5, 0.6) is 0 Å². The molecule has 110 valence electrons. The molecule has 1 saturated heterocycles. The molecule has 0 bridgehead atoms. The van der Waals surface area contributed by atoms with Crippen molar-refractivity contribution in [3.05, 3.63) is 23.3 Å². The summed E-state index contributed by atoms with van der Waals surface area (Å²) in [6, 6.07) is 3.72. The molecule has 1 amide bonds. The lowest BCUT2D eigenvalue weighted by molar-refractivity contribution is -0.117. The highest BCUT2D eigenvalue weighted by molar-refractivity contribution is 5.93. The van der Waals surface area contributed by atoms with E-state index in [1.54, 1.807) is 0 Å². The number of likely N-dealkylation sites (N-methyl/N-ethyl adjacent to an activating group) is 1. The number of piperazine rings is 1. The number of nitrogens with zero attached hydrogens (tertiary/aromatic N) is 2. The molecule has 0 spiro atoms. The molecule has 1 aliphatic heterocycles. The minimum absolute atomic E-state index is 0.0434. The number of amides is 1. The first kappa shape index (κ1) is 14.8. The van der Waals surface area contributed by atoms with Crippen molar-refractivity contribution in [3.8, 4) is 0 Å². The summed E-state index contributed by atoms with van der Waals surface area (Å²) >= 11 is 0. The van der Waals surface area contributed by atoms with Crippen molar-refractivity contribution in [2.45, 2.75) is 13.8 Å². The highest BCUT2D eigenvalue weighted by Gasteiger charge is 2.17. The summed E-state index contributed by atoms with van der Waals surface area (Å²) in [4.78, 5) is 16.6. The van der Waals surface area contributed by atoms with Gasteiger partial charge < -0.3 is 16.0 Å². The minimum atomic E-state index is 0.0434. The van der Waals surface area contributed by atoms with Gasteiger partial charge in [-0.05, 0) is 44.2 Å². The average Bonchev–Trinajstić information content (AvgIpc) is 2.42. The van der Waals surface area contributed by atoms with E-state index in [9.17, 15) is 4.79 Å². The number of hydrogen-bond donors (Lipinski definition) is 2. The minimum Gasteiger partial charge on any atom is -0.399 e. The van der Waals surface area contributed by atoms with E-state index in [4.69, 9.17) is 5.73 Å². The van der Waals surface area contributed by atoms with Crippen LogP contribution in [0.25, 0.3) is 0 Å². The number of nitrogen functional groups attached to an aromatic ring is 1. The molecule has 1 aliphatic rings. The molecule has 0 saturated carbocycles. The monoisotopic (exact) mass is 276 g/mol. The second-order valence-corrected chi connectivity index (χ2v) is 5.58. The number of nitrogens with two attached hydrogens (primary N) is 1. The van der Waals surface area contributed by atoms with Crippen LogP contribution < -0.4 is 11.1 Å². The Labute approximate surface area is 120 Å². The molecule has 5 heteroatoms. The zero-order valence-electron chi connectivity index (χ0n) is 12.6. The van der Waals surface area contributed by atoms with Crippen LogP contribution in [0.4, 0.5) is 11.4 Å². The molecule has 0 unspecified atom stereocenters. The predicted octanol–water partition coefficient (Wildman–Crippen LogP) is 1.07. The van der Waals surface area contributed by atoms with E-state index in [0.717, 1.165) is 48.7 Å². The molecule has 1 heterocycles. The Morgan fingerprint density at radius 2 is 1.85 bits per heavy atom. The third-order valence-corrected chi connectivity index (χ3v) is 4.07. The SMILES string of the molecule is Cc1c(N)ccc(NC(=O)CN2CCN(C)CC2)c1C. The Morgan fingerprint density at radius 3 is 2.50 bits per heavy atom. The van der Waals surface area contributed by atoms with E-state index >= 15 is 0 Å². The molecule has 2 rings (SSSR count). The lowest BCUT2D eigenvalue weighted by Crippen LogP contribution is -2.47. The fraction of sp³-hybridized carbons (Fsp3) is 0.533. The van der Waals surface area contributed by atoms with E-state index in [-0.39, 0.29) is 5.91 Å². The normalized spacial score (nSPS) is 17.1. The van der Waals surface area contributed by atoms with Crippen LogP contribution in [0.1, 0.15) is 11.1 Å². The third-order valence-electron chi connectivity index (χ3n) is 4.07. The largest absolute Gasteiger partial charge is 0.399 e. The predicted molar refractivity (Wildman–Crippen MR) is 82.9 cm³/mol. The fourth-order valence-electron chi connectivity index (χ4n) is 2.38. The maximum Gasteiger partial charge on any atom is 0.238 e. The van der Waals surface area contributed by atoms with Crippen LogP contribution in [0.15, 0.2) is 12.1 Å². The number of carbonyl (C=O) groups excluding carboxylic acids is 1. The molecule has 0 radical (unpaired) electrons. The molecule has 20 heavy (non-hydrogen) atoms. The number of rotatable bonds is 3. The zero-order valence-corrected chi connectivity index (χ0v) is 12.6. The molecule has 1 aromatic rings. The maximum atomic E-state index is 12.1. The molecular formula is C15H24N4O. The van der Waals surface area contributed by atoms with Gasteiger partial charge in [-0.15, -0.1) is 0 Å². The quantitative estimate of drug-likeness (QED) is 0.811. The van der Waals surface area contributed by atoms with Gasteiger partial charge in [-0.3, -0.25) is 9.69 Å². The van der Waals surface area contributed by atoms with Gasteiger partial charge >= 0.3 is 0 Å². The van der Waals surface area contributed by atoms with Crippen molar-refractivity contribution in [2.75, 3.05) is 50.8 Å². The van der Waals surface area contributed by atoms with Crippen molar-refractivity contribution < 1.29 is 4.79 Å². The number of hydrogen-bond acceptors (Lipinski definition) is 4. The zero-order chi connectivity index (χ0) is 14.7. The summed E-state index contributed by atoms with van der Waals surface area (Å²) in [7, 11) is 2.11. The van der Waals surface area contributed by atoms with E-state index in [1.807, 2.05) is 26.0 Å². The molecule has 3 N–H and O–H groups in total. The Balaban J connectivity index is 1.93. The van der Waals surface area contributed by atoms with Crippen molar-refractivity contribution in [2.24, 2.45) is 0 Å². The van der Waals surface area contributed by atoms with Crippen LogP contribution in [-0.4, -0.2) is 55.5 Å². The van der Waals surface area contributed by atoms with E-state index in [0.29, 0.717) is 6.54 Å². The van der Waals surface area contributed by atoms with Gasteiger partial charge in [0.05, 0.1) is 6.54 Å². The van der Waals surface area contributed by atoms with Crippen molar-refractivity contribution in [1.82, 2.24) is 9.80 Å². The van der Waals surface area contributed by atoms with Crippen molar-refractivity contribution in [3.63, 3.8) is 0 Å². The van der Waals surface area contributed by atoms with Crippen molar-refractivity contribution in [1.29, 1.82) is 0 Å². The lowest BCUT2D eigenvalue weighted by Gasteiger charge is -2.31. The summed E-state index contributed by atoms with van der Waals surface area (Å²) in [5.74, 6) is 0.0434. The lowest BCUT2D eigenvalue weighted by atomic mass is 10.1. The standard InChI is InChI=1S/C15H24N4O/c1-11-12(2)14(5-4-13(11)16)17-15(20)10-19-8-6-18(3)7-9-19/h4-5H,6-10,16H2,1-3H3,(H,17,20). The van der Waals surface area contributed by atoms with Gasteiger partial charge in [-0.2, -0.15) is 0 Å².